The van der Waals surface area contributed by atoms with Gasteiger partial charge >= 0.3 is 0 Å². The second-order valence-electron chi connectivity index (χ2n) is 11.7. The normalized spacial score (nSPS) is 11.3. The highest BCUT2D eigenvalue weighted by Gasteiger charge is 2.10. The van der Waals surface area contributed by atoms with Crippen LogP contribution in [0.2, 0.25) is 0 Å². The summed E-state index contributed by atoms with van der Waals surface area (Å²) in [6, 6.07) is 32.6. The monoisotopic (exact) mass is 669 g/mol. The molecule has 0 aliphatic rings. The summed E-state index contributed by atoms with van der Waals surface area (Å²) >= 11 is 0. The Morgan fingerprint density at radius 3 is 2.10 bits per heavy atom. The highest BCUT2D eigenvalue weighted by Crippen LogP contribution is 2.26. The predicted molar refractivity (Wildman–Crippen MR) is 191 cm³/mol. The maximum absolute atomic E-state index is 12.6. The number of aryl methyl sites for hydroxylation is 1. The molecule has 10 heteroatoms. The topological polar surface area (TPSA) is 119 Å². The number of hydrogen-bond donors (Lipinski definition) is 0. The van der Waals surface area contributed by atoms with Crippen LogP contribution in [0.4, 0.5) is 0 Å². The quantitative estimate of drug-likeness (QED) is 0.103. The summed E-state index contributed by atoms with van der Waals surface area (Å²) in [5.74, 6) is 2.41. The van der Waals surface area contributed by atoms with Gasteiger partial charge in [-0.15, -0.1) is 5.10 Å². The van der Waals surface area contributed by atoms with Crippen molar-refractivity contribution in [3.8, 4) is 34.1 Å². The Labute approximate surface area is 287 Å². The van der Waals surface area contributed by atoms with Crippen LogP contribution in [-0.2, 0) is 17.7 Å². The van der Waals surface area contributed by atoms with E-state index in [2.05, 4.69) is 10.3 Å². The number of hydrogen-bond acceptors (Lipinski definition) is 9. The van der Waals surface area contributed by atoms with Crippen molar-refractivity contribution in [2.75, 3.05) is 26.4 Å². The first-order valence-electron chi connectivity index (χ1n) is 16.6. The molecular weight excluding hydrogens is 634 g/mol. The minimum Gasteiger partial charge on any atom is -0.493 e. The third-order valence-corrected chi connectivity index (χ3v) is 8.18. The lowest BCUT2D eigenvalue weighted by molar-refractivity contribution is 0.0923. The van der Waals surface area contributed by atoms with Gasteiger partial charge in [0.2, 0.25) is 0 Å². The molecular formula is C40H35N3O7. The van der Waals surface area contributed by atoms with Crippen molar-refractivity contribution in [2.24, 2.45) is 0 Å². The van der Waals surface area contributed by atoms with E-state index < -0.39 is 0 Å². The van der Waals surface area contributed by atoms with Gasteiger partial charge in [0.25, 0.3) is 0 Å². The van der Waals surface area contributed by atoms with E-state index in [1.54, 1.807) is 35.0 Å². The summed E-state index contributed by atoms with van der Waals surface area (Å²) in [5.41, 5.74) is 3.48. The van der Waals surface area contributed by atoms with E-state index in [4.69, 9.17) is 23.0 Å². The smallest absolute Gasteiger partial charge is 0.193 e. The van der Waals surface area contributed by atoms with Crippen LogP contribution in [0.1, 0.15) is 18.5 Å². The van der Waals surface area contributed by atoms with Crippen molar-refractivity contribution < 1.29 is 23.0 Å². The zero-order valence-corrected chi connectivity index (χ0v) is 27.3. The fraction of sp³-hybridized carbons (Fsp3) is 0.200. The molecule has 0 atom stereocenters. The average molecular weight is 670 g/mol. The van der Waals surface area contributed by atoms with Crippen molar-refractivity contribution in [3.05, 3.63) is 142 Å². The third kappa shape index (κ3) is 7.99. The summed E-state index contributed by atoms with van der Waals surface area (Å²) in [4.78, 5) is 25.0. The minimum absolute atomic E-state index is 0.0708. The van der Waals surface area contributed by atoms with Gasteiger partial charge < -0.3 is 23.0 Å². The molecule has 0 fully saturated rings. The standard InChI is InChI=1S/C40H35N3O7/c44-35-25-39(49-37-12-5-4-11-33(35)37)29-13-15-31(16-14-29)48-23-22-46-21-19-43-27-30(41-42-43)10-6-7-20-47-32-17-18-34-36(45)26-38(50-40(34)24-32)28-8-2-1-3-9-28/h1-5,8-9,11-18,24-27H,6-7,10,19-23H2. The van der Waals surface area contributed by atoms with Gasteiger partial charge in [0.15, 0.2) is 10.9 Å². The lowest BCUT2D eigenvalue weighted by Gasteiger charge is -2.08. The number of aromatic nitrogens is 3. The van der Waals surface area contributed by atoms with E-state index in [1.165, 1.54) is 12.1 Å². The van der Waals surface area contributed by atoms with Crippen molar-refractivity contribution in [1.29, 1.82) is 0 Å². The summed E-state index contributed by atoms with van der Waals surface area (Å²) < 4.78 is 31.2. The summed E-state index contributed by atoms with van der Waals surface area (Å²) in [6.45, 7) is 2.44. The summed E-state index contributed by atoms with van der Waals surface area (Å²) in [7, 11) is 0. The molecule has 0 saturated carbocycles. The van der Waals surface area contributed by atoms with Crippen molar-refractivity contribution in [1.82, 2.24) is 15.0 Å². The molecule has 4 aromatic carbocycles. The van der Waals surface area contributed by atoms with Crippen LogP contribution in [0.25, 0.3) is 44.6 Å². The fourth-order valence-electron chi connectivity index (χ4n) is 5.57. The molecule has 252 valence electrons. The molecule has 0 radical (unpaired) electrons. The molecule has 50 heavy (non-hydrogen) atoms. The number of nitrogens with zero attached hydrogens (tertiary/aromatic N) is 3. The maximum atomic E-state index is 12.6. The van der Waals surface area contributed by atoms with Crippen LogP contribution in [0, 0.1) is 0 Å². The Kier molecular flexibility index (Phi) is 10.1. The molecule has 7 rings (SSSR count). The highest BCUT2D eigenvalue weighted by atomic mass is 16.5. The highest BCUT2D eigenvalue weighted by molar-refractivity contribution is 5.80. The molecule has 3 heterocycles. The first-order chi connectivity index (χ1) is 24.6. The van der Waals surface area contributed by atoms with Crippen molar-refractivity contribution >= 4 is 21.9 Å². The minimum atomic E-state index is -0.0828. The van der Waals surface area contributed by atoms with Gasteiger partial charge in [-0.1, -0.05) is 47.7 Å². The van der Waals surface area contributed by atoms with Crippen LogP contribution < -0.4 is 20.3 Å². The first-order valence-corrected chi connectivity index (χ1v) is 16.6. The predicted octanol–water partition coefficient (Wildman–Crippen LogP) is 7.32. The van der Waals surface area contributed by atoms with Crippen molar-refractivity contribution in [2.45, 2.75) is 25.8 Å². The van der Waals surface area contributed by atoms with Crippen LogP contribution >= 0.6 is 0 Å². The Morgan fingerprint density at radius 2 is 1.28 bits per heavy atom. The Morgan fingerprint density at radius 1 is 0.600 bits per heavy atom. The molecule has 0 bridgehead atoms. The largest absolute Gasteiger partial charge is 0.493 e. The number of unbranched alkanes of at least 4 members (excludes halogenated alkanes) is 1. The zero-order valence-electron chi connectivity index (χ0n) is 27.3. The van der Waals surface area contributed by atoms with E-state index in [1.807, 2.05) is 72.9 Å². The Bertz CT molecular complexity index is 2310. The second kappa shape index (κ2) is 15.5. The fourth-order valence-corrected chi connectivity index (χ4v) is 5.57. The van der Waals surface area contributed by atoms with Gasteiger partial charge in [-0.2, -0.15) is 0 Å². The number of fused-ring (bicyclic) bond motifs is 2. The average Bonchev–Trinajstić information content (AvgIpc) is 3.61. The van der Waals surface area contributed by atoms with Crippen LogP contribution in [0.5, 0.6) is 11.5 Å². The van der Waals surface area contributed by atoms with E-state index in [-0.39, 0.29) is 10.9 Å². The number of rotatable bonds is 15. The maximum Gasteiger partial charge on any atom is 0.193 e. The Hall–Kier alpha value is -6.00. The molecule has 0 amide bonds. The van der Waals surface area contributed by atoms with Crippen molar-refractivity contribution in [3.63, 3.8) is 0 Å². The molecule has 0 unspecified atom stereocenters. The van der Waals surface area contributed by atoms with E-state index in [0.717, 1.165) is 36.1 Å². The van der Waals surface area contributed by atoms with Gasteiger partial charge in [0, 0.05) is 35.5 Å². The van der Waals surface area contributed by atoms with Crippen LogP contribution in [0.15, 0.2) is 134 Å². The van der Waals surface area contributed by atoms with Gasteiger partial charge in [-0.05, 0) is 67.8 Å². The summed E-state index contributed by atoms with van der Waals surface area (Å²) in [5, 5.41) is 9.58. The van der Waals surface area contributed by atoms with Gasteiger partial charge in [-0.25, -0.2) is 4.68 Å². The lowest BCUT2D eigenvalue weighted by Crippen LogP contribution is -2.11. The third-order valence-electron chi connectivity index (χ3n) is 8.18. The molecule has 0 aliphatic carbocycles. The zero-order chi connectivity index (χ0) is 34.1. The molecule has 10 nitrogen and oxygen atoms in total. The summed E-state index contributed by atoms with van der Waals surface area (Å²) in [6.07, 6.45) is 4.46. The van der Waals surface area contributed by atoms with Gasteiger partial charge in [0.05, 0.1) is 42.8 Å². The number of ether oxygens (including phenoxy) is 3. The van der Waals surface area contributed by atoms with Crippen LogP contribution in [0.3, 0.4) is 0 Å². The van der Waals surface area contributed by atoms with Gasteiger partial charge in [-0.3, -0.25) is 9.59 Å². The number of benzene rings is 4. The van der Waals surface area contributed by atoms with Crippen LogP contribution in [-0.4, -0.2) is 41.4 Å². The molecule has 0 saturated heterocycles. The van der Waals surface area contributed by atoms with E-state index in [0.29, 0.717) is 77.9 Å². The van der Waals surface area contributed by atoms with Gasteiger partial charge in [0.1, 0.15) is 40.8 Å². The molecule has 0 N–H and O–H groups in total. The molecule has 0 aliphatic heterocycles. The first kappa shape index (κ1) is 32.5. The lowest BCUT2D eigenvalue weighted by atomic mass is 10.1. The Balaban J connectivity index is 0.788. The van der Waals surface area contributed by atoms with E-state index in [9.17, 15) is 9.59 Å². The number of para-hydroxylation sites is 1. The second-order valence-corrected chi connectivity index (χ2v) is 11.7. The molecule has 7 aromatic rings. The SMILES string of the molecule is O=c1cc(-c2ccc(OCCOCCn3cc(CCCCOc4ccc5c(=O)cc(-c6ccccc6)oc5c4)nn3)cc2)oc2ccccc12. The molecule has 3 aromatic heterocycles. The van der Waals surface area contributed by atoms with E-state index >= 15 is 0 Å². The molecule has 0 spiro atoms.